The summed E-state index contributed by atoms with van der Waals surface area (Å²) >= 11 is 5.94. The zero-order valence-corrected chi connectivity index (χ0v) is 11.1. The van der Waals surface area contributed by atoms with Crippen molar-refractivity contribution in [1.29, 1.82) is 0 Å². The molecule has 1 aromatic carbocycles. The Bertz CT molecular complexity index is 646. The number of carboxylic acid groups (broad SMARTS) is 1. The number of allylic oxidation sites excluding steroid dienone is 1. The van der Waals surface area contributed by atoms with E-state index in [2.05, 4.69) is 0 Å². The van der Waals surface area contributed by atoms with Crippen molar-refractivity contribution in [3.63, 3.8) is 0 Å². The van der Waals surface area contributed by atoms with Gasteiger partial charge in [0.2, 0.25) is 9.84 Å². The molecule has 0 spiro atoms. The van der Waals surface area contributed by atoms with E-state index in [0.717, 1.165) is 0 Å². The van der Waals surface area contributed by atoms with Crippen molar-refractivity contribution in [2.24, 2.45) is 5.92 Å². The number of benzene rings is 1. The molecule has 1 N–H and O–H groups in total. The number of hydrogen-bond donors (Lipinski definition) is 1. The molecule has 0 radical (unpaired) electrons. The van der Waals surface area contributed by atoms with Gasteiger partial charge in [-0.2, -0.15) is 0 Å². The number of aliphatic carboxylic acids is 1. The van der Waals surface area contributed by atoms with Crippen LogP contribution in [0.1, 0.15) is 18.9 Å². The van der Waals surface area contributed by atoms with Crippen LogP contribution < -0.4 is 0 Å². The summed E-state index contributed by atoms with van der Waals surface area (Å²) in [4.78, 5) is 11.1. The van der Waals surface area contributed by atoms with Crippen LogP contribution in [0.5, 0.6) is 0 Å². The smallest absolute Gasteiger partial charge is 0.306 e. The van der Waals surface area contributed by atoms with E-state index in [0.29, 0.717) is 10.6 Å². The van der Waals surface area contributed by atoms with Crippen LogP contribution in [0.15, 0.2) is 28.0 Å². The van der Waals surface area contributed by atoms with E-state index in [1.54, 1.807) is 12.1 Å². The Hall–Kier alpha value is -1.33. The molecule has 0 saturated carbocycles. The Morgan fingerprint density at radius 3 is 2.67 bits per heavy atom. The van der Waals surface area contributed by atoms with Gasteiger partial charge in [-0.3, -0.25) is 4.79 Å². The summed E-state index contributed by atoms with van der Waals surface area (Å²) in [6.45, 7) is 1.48. The average Bonchev–Trinajstić information content (AvgIpc) is 2.53. The maximum absolute atomic E-state index is 12.2. The molecule has 1 heterocycles. The van der Waals surface area contributed by atoms with Gasteiger partial charge < -0.3 is 5.11 Å². The Balaban J connectivity index is 2.46. The molecule has 1 atom stereocenters. The van der Waals surface area contributed by atoms with E-state index in [1.807, 2.05) is 0 Å². The molecule has 4 nitrogen and oxygen atoms in total. The van der Waals surface area contributed by atoms with Crippen LogP contribution in [0.2, 0.25) is 5.02 Å². The van der Waals surface area contributed by atoms with Gasteiger partial charge in [0.15, 0.2) is 0 Å². The van der Waals surface area contributed by atoms with E-state index in [9.17, 15) is 13.2 Å². The van der Waals surface area contributed by atoms with Crippen molar-refractivity contribution in [2.45, 2.75) is 18.2 Å². The summed E-state index contributed by atoms with van der Waals surface area (Å²) in [6, 6.07) is 4.65. The highest BCUT2D eigenvalue weighted by Crippen LogP contribution is 2.39. The van der Waals surface area contributed by atoms with Gasteiger partial charge in [0.05, 0.1) is 15.7 Å². The minimum absolute atomic E-state index is 0.0251. The van der Waals surface area contributed by atoms with Gasteiger partial charge in [-0.1, -0.05) is 24.6 Å². The molecular weight excluding hydrogens is 276 g/mol. The fourth-order valence-electron chi connectivity index (χ4n) is 1.83. The molecule has 0 saturated heterocycles. The Morgan fingerprint density at radius 1 is 1.44 bits per heavy atom. The van der Waals surface area contributed by atoms with Gasteiger partial charge in [0.25, 0.3) is 0 Å². The Kier molecular flexibility index (Phi) is 3.21. The lowest BCUT2D eigenvalue weighted by Gasteiger charge is -2.07. The van der Waals surface area contributed by atoms with Crippen molar-refractivity contribution < 1.29 is 18.3 Å². The lowest BCUT2D eigenvalue weighted by Crippen LogP contribution is -2.12. The molecule has 0 aromatic heterocycles. The lowest BCUT2D eigenvalue weighted by atomic mass is 10.1. The third-order valence-electron chi connectivity index (χ3n) is 2.88. The molecule has 6 heteroatoms. The first-order valence-electron chi connectivity index (χ1n) is 5.31. The van der Waals surface area contributed by atoms with E-state index in [1.165, 1.54) is 19.1 Å². The summed E-state index contributed by atoms with van der Waals surface area (Å²) in [5, 5.41) is 9.19. The molecule has 2 rings (SSSR count). The molecule has 1 aromatic rings. The van der Waals surface area contributed by atoms with E-state index < -0.39 is 21.7 Å². The second-order valence-corrected chi connectivity index (χ2v) is 6.59. The number of carbonyl (C=O) groups is 1. The predicted molar refractivity (Wildman–Crippen MR) is 68.0 cm³/mol. The molecule has 0 bridgehead atoms. The highest BCUT2D eigenvalue weighted by atomic mass is 35.5. The van der Waals surface area contributed by atoms with Crippen LogP contribution in [0.25, 0.3) is 6.08 Å². The monoisotopic (exact) mass is 286 g/mol. The first kappa shape index (κ1) is 13.1. The molecule has 18 heavy (non-hydrogen) atoms. The van der Waals surface area contributed by atoms with Crippen LogP contribution in [-0.2, 0) is 14.6 Å². The fraction of sp³-hybridized carbons (Fsp3) is 0.250. The van der Waals surface area contributed by atoms with Gasteiger partial charge >= 0.3 is 5.97 Å². The summed E-state index contributed by atoms with van der Waals surface area (Å²) in [6.07, 6.45) is 1.44. The molecule has 0 aliphatic carbocycles. The summed E-state index contributed by atoms with van der Waals surface area (Å²) in [5.74, 6) is -1.77. The van der Waals surface area contributed by atoms with Crippen molar-refractivity contribution in [2.75, 3.05) is 0 Å². The van der Waals surface area contributed by atoms with E-state index >= 15 is 0 Å². The minimum atomic E-state index is -3.58. The number of rotatable bonds is 3. The predicted octanol–water partition coefficient (Wildman–Crippen LogP) is 2.58. The van der Waals surface area contributed by atoms with Gasteiger partial charge in [-0.05, 0) is 24.6 Å². The molecule has 0 fully saturated rings. The Morgan fingerprint density at radius 2 is 2.11 bits per heavy atom. The van der Waals surface area contributed by atoms with Crippen LogP contribution in [-0.4, -0.2) is 19.5 Å². The first-order chi connectivity index (χ1) is 8.34. The summed E-state index contributed by atoms with van der Waals surface area (Å²) < 4.78 is 24.3. The third-order valence-corrected chi connectivity index (χ3v) is 5.12. The lowest BCUT2D eigenvalue weighted by molar-refractivity contribution is -0.141. The van der Waals surface area contributed by atoms with Crippen LogP contribution in [0.4, 0.5) is 0 Å². The summed E-state index contributed by atoms with van der Waals surface area (Å²) in [7, 11) is -3.58. The highest BCUT2D eigenvalue weighted by molar-refractivity contribution is 7.95. The molecule has 1 aliphatic heterocycles. The Labute approximate surface area is 110 Å². The maximum Gasteiger partial charge on any atom is 0.306 e. The first-order valence-corrected chi connectivity index (χ1v) is 7.17. The average molecular weight is 287 g/mol. The number of halogens is 1. The van der Waals surface area contributed by atoms with Gasteiger partial charge in [0, 0.05) is 10.6 Å². The van der Waals surface area contributed by atoms with Crippen molar-refractivity contribution in [3.8, 4) is 0 Å². The zero-order valence-electron chi connectivity index (χ0n) is 9.55. The van der Waals surface area contributed by atoms with Crippen LogP contribution in [0, 0.1) is 5.92 Å². The number of carboxylic acids is 1. The SMILES string of the molecule is CC(CC1=Cc2c(Cl)cccc2S1(=O)=O)C(=O)O. The summed E-state index contributed by atoms with van der Waals surface area (Å²) in [5.41, 5.74) is 0.451. The number of hydrogen-bond acceptors (Lipinski definition) is 3. The topological polar surface area (TPSA) is 71.4 Å². The third kappa shape index (κ3) is 2.04. The minimum Gasteiger partial charge on any atom is -0.481 e. The molecule has 1 unspecified atom stereocenters. The normalized spacial score (nSPS) is 18.0. The second-order valence-electron chi connectivity index (χ2n) is 4.21. The maximum atomic E-state index is 12.2. The second kappa shape index (κ2) is 4.40. The number of fused-ring (bicyclic) bond motifs is 1. The molecule has 1 aliphatic rings. The van der Waals surface area contributed by atoms with E-state index in [4.69, 9.17) is 16.7 Å². The van der Waals surface area contributed by atoms with Crippen LogP contribution in [0.3, 0.4) is 0 Å². The van der Waals surface area contributed by atoms with Gasteiger partial charge in [0.1, 0.15) is 0 Å². The standard InChI is InChI=1S/C12H11ClO4S/c1-7(12(14)15)5-8-6-9-10(13)3-2-4-11(9)18(8,16)17/h2-4,6-7H,5H2,1H3,(H,14,15). The quantitative estimate of drug-likeness (QED) is 0.927. The molecule has 0 amide bonds. The van der Waals surface area contributed by atoms with Crippen molar-refractivity contribution in [1.82, 2.24) is 0 Å². The van der Waals surface area contributed by atoms with Crippen LogP contribution >= 0.6 is 11.6 Å². The van der Waals surface area contributed by atoms with Gasteiger partial charge in [-0.25, -0.2) is 8.42 Å². The highest BCUT2D eigenvalue weighted by Gasteiger charge is 2.32. The number of sulfone groups is 1. The van der Waals surface area contributed by atoms with Gasteiger partial charge in [-0.15, -0.1) is 0 Å². The molecular formula is C12H11ClO4S. The fourth-order valence-corrected chi connectivity index (χ4v) is 3.86. The zero-order chi connectivity index (χ0) is 13.5. The molecule has 96 valence electrons. The largest absolute Gasteiger partial charge is 0.481 e. The van der Waals surface area contributed by atoms with Crippen molar-refractivity contribution in [3.05, 3.63) is 33.7 Å². The van der Waals surface area contributed by atoms with Crippen molar-refractivity contribution >= 4 is 33.5 Å². The van der Waals surface area contributed by atoms with E-state index in [-0.39, 0.29) is 16.2 Å².